The van der Waals surface area contributed by atoms with Crippen molar-refractivity contribution in [2.75, 3.05) is 0 Å². The predicted octanol–water partition coefficient (Wildman–Crippen LogP) is 4.41. The predicted molar refractivity (Wildman–Crippen MR) is 79.0 cm³/mol. The van der Waals surface area contributed by atoms with Gasteiger partial charge in [-0.25, -0.2) is 0 Å². The maximum Gasteiger partial charge on any atom is 0.144 e. The summed E-state index contributed by atoms with van der Waals surface area (Å²) in [6, 6.07) is 0. The zero-order chi connectivity index (χ0) is 15.1. The fraction of sp³-hybridized carbons (Fsp3) is 0.882. The van der Waals surface area contributed by atoms with E-state index >= 15 is 0 Å². The van der Waals surface area contributed by atoms with Crippen LogP contribution in [0.3, 0.4) is 0 Å². The molecular weight excluding hydrogens is 236 g/mol. The van der Waals surface area contributed by atoms with Gasteiger partial charge in [0, 0.05) is 22.2 Å². The minimum atomic E-state index is -0.471. The highest BCUT2D eigenvalue weighted by molar-refractivity contribution is 5.96. The Bertz CT molecular complexity index is 368. The average molecular weight is 266 g/mol. The van der Waals surface area contributed by atoms with E-state index in [0.29, 0.717) is 0 Å². The van der Waals surface area contributed by atoms with Crippen molar-refractivity contribution < 1.29 is 9.59 Å². The average Bonchev–Trinajstić information content (AvgIpc) is 2.25. The highest BCUT2D eigenvalue weighted by Crippen LogP contribution is 2.48. The molecule has 1 saturated carbocycles. The zero-order valence-corrected chi connectivity index (χ0v) is 13.7. The number of ketones is 2. The van der Waals surface area contributed by atoms with Crippen LogP contribution >= 0.6 is 0 Å². The van der Waals surface area contributed by atoms with Crippen molar-refractivity contribution in [2.45, 2.75) is 74.1 Å². The Morgan fingerprint density at radius 3 is 1.89 bits per heavy atom. The van der Waals surface area contributed by atoms with Crippen molar-refractivity contribution in [2.24, 2.45) is 22.2 Å². The fourth-order valence-corrected chi connectivity index (χ4v) is 3.41. The lowest BCUT2D eigenvalue weighted by atomic mass is 9.57. The summed E-state index contributed by atoms with van der Waals surface area (Å²) in [6.07, 6.45) is 3.86. The minimum Gasteiger partial charge on any atom is -0.299 e. The molecule has 0 radical (unpaired) electrons. The second-order valence-corrected chi connectivity index (χ2v) is 8.41. The van der Waals surface area contributed by atoms with Crippen molar-refractivity contribution >= 4 is 11.6 Å². The van der Waals surface area contributed by atoms with Crippen LogP contribution in [0.15, 0.2) is 0 Å². The van der Waals surface area contributed by atoms with E-state index in [9.17, 15) is 9.59 Å². The number of carbonyl (C=O) groups excluding carboxylic acids is 2. The van der Waals surface area contributed by atoms with Crippen molar-refractivity contribution in [3.63, 3.8) is 0 Å². The monoisotopic (exact) mass is 266 g/mol. The largest absolute Gasteiger partial charge is 0.299 e. The Morgan fingerprint density at radius 2 is 1.47 bits per heavy atom. The van der Waals surface area contributed by atoms with Crippen LogP contribution in [-0.4, -0.2) is 11.6 Å². The lowest BCUT2D eigenvalue weighted by Gasteiger charge is -2.44. The van der Waals surface area contributed by atoms with Gasteiger partial charge in [-0.1, -0.05) is 61.3 Å². The molecule has 2 heteroatoms. The molecule has 110 valence electrons. The Morgan fingerprint density at radius 1 is 0.947 bits per heavy atom. The van der Waals surface area contributed by atoms with E-state index in [1.165, 1.54) is 0 Å². The molecule has 0 aliphatic heterocycles. The van der Waals surface area contributed by atoms with Crippen LogP contribution in [0.1, 0.15) is 74.1 Å². The van der Waals surface area contributed by atoms with Crippen molar-refractivity contribution in [1.82, 2.24) is 0 Å². The van der Waals surface area contributed by atoms with Gasteiger partial charge in [-0.3, -0.25) is 9.59 Å². The van der Waals surface area contributed by atoms with Crippen LogP contribution in [0.2, 0.25) is 0 Å². The van der Waals surface area contributed by atoms with Gasteiger partial charge in [-0.05, 0) is 12.8 Å². The summed E-state index contributed by atoms with van der Waals surface area (Å²) in [7, 11) is 0. The van der Waals surface area contributed by atoms with E-state index in [1.54, 1.807) is 0 Å². The highest BCUT2D eigenvalue weighted by Gasteiger charge is 2.50. The fourth-order valence-electron chi connectivity index (χ4n) is 3.41. The third-order valence-electron chi connectivity index (χ3n) is 4.46. The van der Waals surface area contributed by atoms with E-state index < -0.39 is 5.41 Å². The van der Waals surface area contributed by atoms with Gasteiger partial charge >= 0.3 is 0 Å². The third-order valence-corrected chi connectivity index (χ3v) is 4.46. The van der Waals surface area contributed by atoms with E-state index in [-0.39, 0.29) is 28.3 Å². The number of rotatable bonds is 2. The lowest BCUT2D eigenvalue weighted by Crippen LogP contribution is -2.49. The quantitative estimate of drug-likeness (QED) is 0.741. The summed E-state index contributed by atoms with van der Waals surface area (Å²) in [5.74, 6) is 0.405. The Hall–Kier alpha value is -0.660. The van der Waals surface area contributed by atoms with Gasteiger partial charge in [0.25, 0.3) is 0 Å². The zero-order valence-electron chi connectivity index (χ0n) is 13.7. The van der Waals surface area contributed by atoms with E-state index in [2.05, 4.69) is 0 Å². The molecule has 0 amide bonds. The molecule has 1 fully saturated rings. The SMILES string of the molecule is CC(C)(C)C(=O)C1CCCCC1(C)C(=O)C(C)(C)C. The molecule has 2 nitrogen and oxygen atoms in total. The van der Waals surface area contributed by atoms with E-state index in [0.717, 1.165) is 25.7 Å². The van der Waals surface area contributed by atoms with Crippen molar-refractivity contribution in [1.29, 1.82) is 0 Å². The molecule has 2 atom stereocenters. The number of hydrogen-bond donors (Lipinski definition) is 0. The maximum absolute atomic E-state index is 12.8. The van der Waals surface area contributed by atoms with E-state index in [1.807, 2.05) is 48.5 Å². The smallest absolute Gasteiger partial charge is 0.144 e. The van der Waals surface area contributed by atoms with Crippen LogP contribution in [0.25, 0.3) is 0 Å². The minimum absolute atomic E-state index is 0.104. The van der Waals surface area contributed by atoms with Gasteiger partial charge in [-0.2, -0.15) is 0 Å². The summed E-state index contributed by atoms with van der Waals surface area (Å²) in [5.41, 5.74) is -1.20. The molecule has 0 bridgehead atoms. The number of hydrogen-bond acceptors (Lipinski definition) is 2. The van der Waals surface area contributed by atoms with Gasteiger partial charge in [0.1, 0.15) is 11.6 Å². The van der Waals surface area contributed by atoms with Gasteiger partial charge in [0.2, 0.25) is 0 Å². The van der Waals surface area contributed by atoms with Crippen molar-refractivity contribution in [3.05, 3.63) is 0 Å². The Kier molecular flexibility index (Phi) is 4.34. The normalized spacial score (nSPS) is 29.1. The number of carbonyl (C=O) groups is 2. The lowest BCUT2D eigenvalue weighted by molar-refractivity contribution is -0.150. The molecule has 0 saturated heterocycles. The first-order valence-corrected chi connectivity index (χ1v) is 7.50. The summed E-state index contributed by atoms with van der Waals surface area (Å²) in [5, 5.41) is 0. The van der Waals surface area contributed by atoms with Gasteiger partial charge in [-0.15, -0.1) is 0 Å². The molecule has 0 aromatic rings. The molecule has 0 spiro atoms. The Labute approximate surface area is 118 Å². The maximum atomic E-state index is 12.8. The van der Waals surface area contributed by atoms with Gasteiger partial charge in [0.15, 0.2) is 0 Å². The third kappa shape index (κ3) is 3.27. The molecule has 0 N–H and O–H groups in total. The second-order valence-electron chi connectivity index (χ2n) is 8.41. The standard InChI is InChI=1S/C17H30O2/c1-15(2,3)13(18)12-10-8-9-11-17(12,7)14(19)16(4,5)6/h12H,8-11H2,1-7H3. The van der Waals surface area contributed by atoms with E-state index in [4.69, 9.17) is 0 Å². The molecular formula is C17H30O2. The summed E-state index contributed by atoms with van der Waals surface area (Å²) in [6.45, 7) is 13.8. The van der Waals surface area contributed by atoms with Crippen LogP contribution in [0.4, 0.5) is 0 Å². The first-order chi connectivity index (χ1) is 8.40. The first kappa shape index (κ1) is 16.4. The van der Waals surface area contributed by atoms with Gasteiger partial charge in [0.05, 0.1) is 0 Å². The first-order valence-electron chi connectivity index (χ1n) is 7.50. The molecule has 0 aromatic heterocycles. The Balaban J connectivity index is 3.14. The summed E-state index contributed by atoms with van der Waals surface area (Å²) in [4.78, 5) is 25.5. The second kappa shape index (κ2) is 5.03. The van der Waals surface area contributed by atoms with Crippen LogP contribution in [0.5, 0.6) is 0 Å². The van der Waals surface area contributed by atoms with Crippen LogP contribution in [-0.2, 0) is 9.59 Å². The molecule has 1 aliphatic carbocycles. The highest BCUT2D eigenvalue weighted by atomic mass is 16.1. The van der Waals surface area contributed by atoms with Crippen molar-refractivity contribution in [3.8, 4) is 0 Å². The van der Waals surface area contributed by atoms with Crippen LogP contribution < -0.4 is 0 Å². The molecule has 0 aromatic carbocycles. The molecule has 0 heterocycles. The molecule has 2 unspecified atom stereocenters. The summed E-state index contributed by atoms with van der Waals surface area (Å²) < 4.78 is 0. The topological polar surface area (TPSA) is 34.1 Å². The van der Waals surface area contributed by atoms with Crippen LogP contribution in [0, 0.1) is 22.2 Å². The summed E-state index contributed by atoms with van der Waals surface area (Å²) >= 11 is 0. The molecule has 19 heavy (non-hydrogen) atoms. The van der Waals surface area contributed by atoms with Gasteiger partial charge < -0.3 is 0 Å². The molecule has 1 rings (SSSR count). The number of Topliss-reactive ketones (excluding diaryl/α,β-unsaturated/α-hetero) is 2. The molecule has 1 aliphatic rings.